The second-order valence-electron chi connectivity index (χ2n) is 2.87. The molecule has 1 nitrogen and oxygen atoms in total. The maximum absolute atomic E-state index is 4.49. The van der Waals surface area contributed by atoms with Crippen molar-refractivity contribution >= 4 is 70.8 Å². The van der Waals surface area contributed by atoms with Gasteiger partial charge in [-0.3, -0.25) is 0 Å². The maximum atomic E-state index is 4.49. The monoisotopic (exact) mass is 319 g/mol. The number of aromatic nitrogens is 1. The van der Waals surface area contributed by atoms with Crippen molar-refractivity contribution < 1.29 is 0 Å². The Balaban J connectivity index is 0. The standard InChI is InChI=1S/C10H8N.3ClH.Ga/c1-8-6-7-9-4-2-3-5-10(9)11-8;;;;/h2-4,6-7H,1H3;3*1H;. The predicted molar refractivity (Wildman–Crippen MR) is 73.6 cm³/mol. The van der Waals surface area contributed by atoms with Crippen molar-refractivity contribution in [3.8, 4) is 0 Å². The van der Waals surface area contributed by atoms with E-state index >= 15 is 0 Å². The minimum atomic E-state index is 0. The smallest absolute Gasteiger partial charge is 0.147 e. The van der Waals surface area contributed by atoms with Crippen LogP contribution in [0.4, 0.5) is 0 Å². The fourth-order valence-corrected chi connectivity index (χ4v) is 1.99. The third-order valence-electron chi connectivity index (χ3n) is 1.89. The average molecular weight is 321 g/mol. The summed E-state index contributed by atoms with van der Waals surface area (Å²) in [5.74, 6) is 0. The molecule has 80 valence electrons. The Morgan fingerprint density at radius 2 is 1.67 bits per heavy atom. The number of hydrogen-bond donors (Lipinski definition) is 0. The van der Waals surface area contributed by atoms with E-state index in [1.54, 1.807) is 18.6 Å². The van der Waals surface area contributed by atoms with Crippen molar-refractivity contribution in [1.82, 2.24) is 4.98 Å². The van der Waals surface area contributed by atoms with Crippen LogP contribution in [0, 0.1) is 6.92 Å². The molecule has 0 aliphatic heterocycles. The van der Waals surface area contributed by atoms with Gasteiger partial charge >= 0.3 is 81.6 Å². The van der Waals surface area contributed by atoms with Crippen molar-refractivity contribution in [2.45, 2.75) is 6.92 Å². The molecule has 2 aromatic rings. The molecule has 1 heterocycles. The van der Waals surface area contributed by atoms with Gasteiger partial charge in [0, 0.05) is 0 Å². The van der Waals surface area contributed by atoms with Gasteiger partial charge in [0.05, 0.1) is 0 Å². The van der Waals surface area contributed by atoms with Gasteiger partial charge in [-0.15, -0.1) is 37.2 Å². The van der Waals surface area contributed by atoms with Crippen LogP contribution in [0.1, 0.15) is 5.69 Å². The molecular weight excluding hydrogens is 310 g/mol. The molecule has 2 radical (unpaired) electrons. The molecule has 5 heteroatoms. The van der Waals surface area contributed by atoms with Crippen LogP contribution >= 0.6 is 37.2 Å². The number of para-hydroxylation sites is 1. The second kappa shape index (κ2) is 7.42. The van der Waals surface area contributed by atoms with Gasteiger partial charge in [0.2, 0.25) is 0 Å². The SMILES string of the molecule is Cc1ccc2ccc[c]([Ga])c2n1.Cl.Cl.Cl. The molecule has 0 unspecified atom stereocenters. The third kappa shape index (κ3) is 3.89. The Labute approximate surface area is 118 Å². The summed E-state index contributed by atoms with van der Waals surface area (Å²) in [6.45, 7) is 2.03. The van der Waals surface area contributed by atoms with Gasteiger partial charge in [0.15, 0.2) is 0 Å². The van der Waals surface area contributed by atoms with Gasteiger partial charge in [-0.2, -0.15) is 0 Å². The fourth-order valence-electron chi connectivity index (χ4n) is 1.27. The van der Waals surface area contributed by atoms with Crippen molar-refractivity contribution in [3.63, 3.8) is 0 Å². The molecule has 0 aliphatic carbocycles. The van der Waals surface area contributed by atoms with Gasteiger partial charge in [0.25, 0.3) is 0 Å². The van der Waals surface area contributed by atoms with Crippen LogP contribution in [0.25, 0.3) is 10.9 Å². The van der Waals surface area contributed by atoms with E-state index in [-0.39, 0.29) is 37.2 Å². The van der Waals surface area contributed by atoms with Gasteiger partial charge < -0.3 is 0 Å². The molecule has 1 aromatic heterocycles. The van der Waals surface area contributed by atoms with Crippen molar-refractivity contribution in [2.24, 2.45) is 0 Å². The van der Waals surface area contributed by atoms with E-state index in [4.69, 9.17) is 0 Å². The first kappa shape index (κ1) is 17.5. The molecule has 0 fully saturated rings. The van der Waals surface area contributed by atoms with Gasteiger partial charge in [-0.25, -0.2) is 0 Å². The van der Waals surface area contributed by atoms with E-state index in [2.05, 4.69) is 35.3 Å². The molecular formula is C10H11Cl3GaN. The van der Waals surface area contributed by atoms with E-state index < -0.39 is 0 Å². The van der Waals surface area contributed by atoms with Crippen molar-refractivity contribution in [1.29, 1.82) is 0 Å². The van der Waals surface area contributed by atoms with E-state index in [0.717, 1.165) is 11.2 Å². The van der Waals surface area contributed by atoms with E-state index in [9.17, 15) is 0 Å². The quantitative estimate of drug-likeness (QED) is 0.680. The number of benzene rings is 1. The Bertz CT molecular complexity index is 434. The van der Waals surface area contributed by atoms with Crippen LogP contribution in [0.5, 0.6) is 0 Å². The number of halogens is 3. The number of rotatable bonds is 0. The first-order valence-corrected chi connectivity index (χ1v) is 5.10. The zero-order valence-electron chi connectivity index (χ0n) is 8.14. The summed E-state index contributed by atoms with van der Waals surface area (Å²) < 4.78 is 1.31. The zero-order chi connectivity index (χ0) is 8.55. The van der Waals surface area contributed by atoms with Crippen LogP contribution in [0.3, 0.4) is 0 Å². The minimum absolute atomic E-state index is 0. The Hall–Kier alpha value is 0.136. The molecule has 0 aliphatic rings. The van der Waals surface area contributed by atoms with E-state index in [0.29, 0.717) is 0 Å². The van der Waals surface area contributed by atoms with E-state index in [1.165, 1.54) is 9.50 Å². The van der Waals surface area contributed by atoms with Gasteiger partial charge in [-0.1, -0.05) is 0 Å². The summed E-state index contributed by atoms with van der Waals surface area (Å²) in [6.07, 6.45) is 0. The van der Waals surface area contributed by atoms with E-state index in [1.807, 2.05) is 6.92 Å². The molecule has 0 saturated heterocycles. The van der Waals surface area contributed by atoms with Crippen LogP contribution < -0.4 is 4.12 Å². The number of pyridine rings is 1. The van der Waals surface area contributed by atoms with Crippen molar-refractivity contribution in [2.75, 3.05) is 0 Å². The van der Waals surface area contributed by atoms with Gasteiger partial charge in [0.1, 0.15) is 0 Å². The molecule has 0 amide bonds. The number of fused-ring (bicyclic) bond motifs is 1. The third-order valence-corrected chi connectivity index (χ3v) is 2.87. The Kier molecular flexibility index (Phi) is 8.67. The summed E-state index contributed by atoms with van der Waals surface area (Å²) in [5, 5.41) is 1.24. The molecule has 2 rings (SSSR count). The summed E-state index contributed by atoms with van der Waals surface area (Å²) in [4.78, 5) is 4.49. The summed E-state index contributed by atoms with van der Waals surface area (Å²) in [7, 11) is 0. The molecule has 0 bridgehead atoms. The molecule has 1 aromatic carbocycles. The summed E-state index contributed by atoms with van der Waals surface area (Å²) in [5.41, 5.74) is 2.24. The van der Waals surface area contributed by atoms with Crippen LogP contribution in [0.2, 0.25) is 0 Å². The predicted octanol–water partition coefficient (Wildman–Crippen LogP) is 2.60. The molecule has 0 N–H and O–H groups in total. The summed E-state index contributed by atoms with van der Waals surface area (Å²) in [6, 6.07) is 10.5. The van der Waals surface area contributed by atoms with Crippen LogP contribution in [-0.4, -0.2) is 23.6 Å². The average Bonchev–Trinajstić information content (AvgIpc) is 2.07. The topological polar surface area (TPSA) is 12.9 Å². The molecule has 15 heavy (non-hydrogen) atoms. The normalized spacial score (nSPS) is 8.33. The number of nitrogens with zero attached hydrogens (tertiary/aromatic N) is 1. The van der Waals surface area contributed by atoms with Crippen molar-refractivity contribution in [3.05, 3.63) is 36.0 Å². The number of aryl methyl sites for hydroxylation is 1. The fraction of sp³-hybridized carbons (Fsp3) is 0.100. The number of hydrogen-bond acceptors (Lipinski definition) is 1. The molecule has 0 spiro atoms. The Morgan fingerprint density at radius 3 is 2.33 bits per heavy atom. The summed E-state index contributed by atoms with van der Waals surface area (Å²) >= 11 is 1.63. The van der Waals surface area contributed by atoms with Crippen LogP contribution in [-0.2, 0) is 0 Å². The zero-order valence-corrected chi connectivity index (χ0v) is 13.0. The molecule has 0 atom stereocenters. The second-order valence-corrected chi connectivity index (χ2v) is 4.18. The Morgan fingerprint density at radius 1 is 1.00 bits per heavy atom. The first-order valence-electron chi connectivity index (χ1n) is 3.89. The largest absolute Gasteiger partial charge is 0.147 e. The minimum Gasteiger partial charge on any atom is -0.147 e. The maximum Gasteiger partial charge on any atom is -0.147 e. The molecule has 0 saturated carbocycles. The first-order chi connectivity index (χ1) is 5.77. The van der Waals surface area contributed by atoms with Gasteiger partial charge in [-0.05, 0) is 0 Å². The van der Waals surface area contributed by atoms with Crippen LogP contribution in [0.15, 0.2) is 30.3 Å².